The van der Waals surface area contributed by atoms with E-state index in [1.165, 1.54) is 22.1 Å². The number of nitrogens with two attached hydrogens (primary N) is 1. The minimum Gasteiger partial charge on any atom is -0.387 e. The van der Waals surface area contributed by atoms with Gasteiger partial charge < -0.3 is 81.1 Å². The maximum Gasteiger partial charge on any atom is 0.386 e. The van der Waals surface area contributed by atoms with Crippen molar-refractivity contribution in [2.24, 2.45) is 5.92 Å². The van der Waals surface area contributed by atoms with Crippen LogP contribution in [0, 0.1) is 17.8 Å². The third-order valence-electron chi connectivity index (χ3n) is 17.5. The fourth-order valence-corrected chi connectivity index (χ4v) is 15.3. The van der Waals surface area contributed by atoms with E-state index in [4.69, 9.17) is 45.1 Å². The van der Waals surface area contributed by atoms with Gasteiger partial charge >= 0.3 is 13.5 Å². The normalized spacial score (nSPS) is 26.8. The fourth-order valence-electron chi connectivity index (χ4n) is 12.4. The van der Waals surface area contributed by atoms with Crippen LogP contribution in [0.15, 0.2) is 67.4 Å². The highest BCUT2D eigenvalue weighted by molar-refractivity contribution is 8.44. The number of amides is 6. The number of rotatable bonds is 18. The summed E-state index contributed by atoms with van der Waals surface area (Å²) in [7, 11) is 0. The first-order chi connectivity index (χ1) is 46.1. The highest BCUT2D eigenvalue weighted by Crippen LogP contribution is 2.58. The number of imidazole rings is 1. The van der Waals surface area contributed by atoms with Gasteiger partial charge in [0.05, 0.1) is 50.2 Å². The van der Waals surface area contributed by atoms with Crippen LogP contribution in [0.2, 0.25) is 0 Å². The molecular formula is C60H72N16O16P2S2. The molecule has 2 bridgehead atoms. The van der Waals surface area contributed by atoms with Gasteiger partial charge in [-0.25, -0.2) is 19.5 Å². The second-order valence-electron chi connectivity index (χ2n) is 23.8. The van der Waals surface area contributed by atoms with E-state index in [0.717, 1.165) is 28.5 Å². The lowest BCUT2D eigenvalue weighted by Gasteiger charge is -2.28. The summed E-state index contributed by atoms with van der Waals surface area (Å²) < 4.78 is 53.2. The Kier molecular flexibility index (Phi) is 20.7. The van der Waals surface area contributed by atoms with Crippen molar-refractivity contribution in [2.45, 2.75) is 127 Å². The van der Waals surface area contributed by atoms with Crippen molar-refractivity contribution < 1.29 is 76.0 Å². The van der Waals surface area contributed by atoms with Crippen molar-refractivity contribution in [3.8, 4) is 11.8 Å². The van der Waals surface area contributed by atoms with Crippen molar-refractivity contribution in [2.75, 3.05) is 73.7 Å². The second kappa shape index (κ2) is 29.1. The maximum atomic E-state index is 14.2. The van der Waals surface area contributed by atoms with E-state index < -0.39 is 131 Å². The molecule has 96 heavy (non-hydrogen) atoms. The van der Waals surface area contributed by atoms with Gasteiger partial charge in [-0.2, -0.15) is 9.97 Å². The first-order valence-electron chi connectivity index (χ1n) is 31.3. The van der Waals surface area contributed by atoms with Gasteiger partial charge in [-0.15, -0.1) is 0 Å². The highest BCUT2D eigenvalue weighted by Gasteiger charge is 2.53. The van der Waals surface area contributed by atoms with Crippen LogP contribution in [0.25, 0.3) is 22.2 Å². The zero-order valence-electron chi connectivity index (χ0n) is 52.0. The average molecular weight is 1400 g/mol. The first-order valence-corrected chi connectivity index (χ1v) is 36.6. The Morgan fingerprint density at radius 3 is 2.42 bits per heavy atom. The molecule has 0 radical (unpaired) electrons. The molecule has 4 fully saturated rings. The third-order valence-corrected chi connectivity index (χ3v) is 20.7. The first kappa shape index (κ1) is 68.2. The number of benzene rings is 2. The van der Waals surface area contributed by atoms with Gasteiger partial charge in [0.25, 0.3) is 0 Å². The molecule has 6 aliphatic heterocycles. The molecule has 510 valence electrons. The lowest BCUT2D eigenvalue weighted by molar-refractivity contribution is -0.140. The van der Waals surface area contributed by atoms with Crippen molar-refractivity contribution in [1.29, 1.82) is 0 Å². The highest BCUT2D eigenvalue weighted by atomic mass is 32.7. The molecule has 12 rings (SSSR count). The van der Waals surface area contributed by atoms with E-state index in [-0.39, 0.29) is 73.8 Å². The number of aliphatic hydroxyl groups is 2. The van der Waals surface area contributed by atoms with Crippen molar-refractivity contribution >= 4 is 118 Å². The van der Waals surface area contributed by atoms with E-state index in [1.54, 1.807) is 28.7 Å². The minimum absolute atomic E-state index is 0.00808. The predicted molar refractivity (Wildman–Crippen MR) is 352 cm³/mol. The smallest absolute Gasteiger partial charge is 0.386 e. The summed E-state index contributed by atoms with van der Waals surface area (Å²) in [4.78, 5) is 117. The van der Waals surface area contributed by atoms with Crippen molar-refractivity contribution in [3.63, 3.8) is 0 Å². The van der Waals surface area contributed by atoms with Gasteiger partial charge in [-0.3, -0.25) is 46.9 Å². The summed E-state index contributed by atoms with van der Waals surface area (Å²) >= 11 is 9.70. The minimum atomic E-state index is -4.51. The molecule has 11 N–H and O–H groups in total. The zero-order valence-corrected chi connectivity index (χ0v) is 55.5. The van der Waals surface area contributed by atoms with Gasteiger partial charge in [0.1, 0.15) is 72.0 Å². The van der Waals surface area contributed by atoms with E-state index >= 15 is 0 Å². The number of nitrogens with one attached hydrogen (secondary N) is 6. The van der Waals surface area contributed by atoms with Crippen LogP contribution in [-0.4, -0.2) is 191 Å². The van der Waals surface area contributed by atoms with Gasteiger partial charge in [0.2, 0.25) is 41.4 Å². The SMILES string of the molecule is CC[C@H](C)[C@H](NC(=O)[C@@H]1CCCN1C(=O)CNC(=O)CNC(=O)CCC(=O)N1Cc2ccccc2C#Cc2ccccc21)C(=O)NCCNc1nc(N)c2ncn([C@@H]3O[C@@H]4COP(O)(=S)O[C@H]5[C@@H](O)[C@H](n6cc7c8c(ncnc86)NCCC7)O[C@@H]5COP(=O)(S)O[C@@H]3[C@@H]4O)c2n1. The van der Waals surface area contributed by atoms with Gasteiger partial charge in [0, 0.05) is 56.3 Å². The summed E-state index contributed by atoms with van der Waals surface area (Å²) in [6.45, 7) is -6.04. The summed E-state index contributed by atoms with van der Waals surface area (Å²) in [6, 6.07) is 12.9. The van der Waals surface area contributed by atoms with E-state index in [0.29, 0.717) is 54.9 Å². The van der Waals surface area contributed by atoms with Crippen LogP contribution >= 0.6 is 25.8 Å². The fraction of sp³-hybridized carbons (Fsp3) is 0.483. The molecule has 0 saturated carbocycles. The number of nitrogen functional groups attached to an aromatic ring is 1. The topological polar surface area (TPSA) is 415 Å². The Labute approximate surface area is 559 Å². The predicted octanol–water partition coefficient (Wildman–Crippen LogP) is 1.81. The van der Waals surface area contributed by atoms with Crippen LogP contribution < -0.4 is 42.5 Å². The Balaban J connectivity index is 0.624. The Bertz CT molecular complexity index is 4160. The number of hydrogen-bond donors (Lipinski definition) is 11. The number of aromatic nitrogens is 7. The molecule has 4 aromatic heterocycles. The zero-order chi connectivity index (χ0) is 67.6. The third kappa shape index (κ3) is 14.9. The lowest BCUT2D eigenvalue weighted by Crippen LogP contribution is -2.56. The molecular weight excluding hydrogens is 1330 g/mol. The van der Waals surface area contributed by atoms with E-state index in [2.05, 4.69) is 80.9 Å². The molecule has 2 unspecified atom stereocenters. The van der Waals surface area contributed by atoms with Crippen LogP contribution in [0.1, 0.15) is 87.1 Å². The number of ether oxygens (including phenoxy) is 2. The Hall–Kier alpha value is -7.74. The molecule has 6 aromatic rings. The molecule has 6 amide bonds. The quantitative estimate of drug-likeness (QED) is 0.0253. The molecule has 4 saturated heterocycles. The van der Waals surface area contributed by atoms with Crippen molar-refractivity contribution in [1.82, 2.24) is 60.2 Å². The number of aliphatic hydroxyl groups excluding tert-OH is 2. The van der Waals surface area contributed by atoms with E-state index in [1.807, 2.05) is 49.4 Å². The number of nitrogens with zero attached hydrogens (tertiary/aromatic N) is 9. The average Bonchev–Trinajstić information content (AvgIpc) is 1.59. The Morgan fingerprint density at radius 2 is 1.59 bits per heavy atom. The molecule has 0 aliphatic carbocycles. The number of fused-ring (bicyclic) bond motifs is 6. The number of likely N-dealkylation sites (tertiary alicyclic amines) is 1. The molecule has 0 spiro atoms. The summed E-state index contributed by atoms with van der Waals surface area (Å²) in [5.41, 5.74) is 10.9. The molecule has 6 aliphatic rings. The monoisotopic (exact) mass is 1400 g/mol. The van der Waals surface area contributed by atoms with Crippen LogP contribution in [0.5, 0.6) is 0 Å². The van der Waals surface area contributed by atoms with Crippen LogP contribution in [-0.2, 0) is 85.7 Å². The number of aryl methyl sites for hydroxylation is 1. The van der Waals surface area contributed by atoms with Gasteiger partial charge in [-0.1, -0.05) is 74.7 Å². The standard InChI is InChI=1S/C60H72N16O16P2S2/c1-3-32(2)46(70-56(83)38-15-9-23-73(38)44(80)25-66-42(78)24-65-41(77)18-19-43(79)74-26-35-12-5-4-10-33(35)16-17-34-11-6-7-14-37(34)74)57(84)63-21-22-64-60-71-52(61)47-55(72-60)76(31-69-47)59-51-48(81)39(89-59)28-87-93(85,95)91-50-40(29-88-94(86,96)92-51)90-58(49(50)82)75-27-36-13-8-20-62-53-45(36)54(75)68-30-67-53/h4-7,10-12,14,27,30-32,38-40,46,48-51,58-59,81-82H,3,8-9,13,15,18-26,28-29H2,1-2H3,(H,63,84)(H,65,77)(H,66,78)(H,70,83)(H,85,95)(H,86,96)(H,62,67,68)(H3,61,64,71,72)/t32-,38-,39+,40+,46-,48+,49+,50+,51+,58+,59+,93?,94?/m0/s1. The number of para-hydroxylation sites is 1. The van der Waals surface area contributed by atoms with Crippen LogP contribution in [0.4, 0.5) is 23.3 Å². The van der Waals surface area contributed by atoms with Crippen molar-refractivity contribution in [3.05, 3.63) is 89.6 Å². The molecule has 2 aromatic carbocycles. The Morgan fingerprint density at radius 1 is 0.833 bits per heavy atom. The number of hydrogen-bond acceptors (Lipinski definition) is 24. The maximum absolute atomic E-state index is 14.2. The molecule has 36 heteroatoms. The summed E-state index contributed by atoms with van der Waals surface area (Å²) in [6.07, 6.45) is -4.33. The van der Waals surface area contributed by atoms with Gasteiger partial charge in [-0.05, 0) is 72.7 Å². The largest absolute Gasteiger partial charge is 0.387 e. The molecule has 10 heterocycles. The molecule has 32 nitrogen and oxygen atoms in total. The summed E-state index contributed by atoms with van der Waals surface area (Å²) in [5, 5.41) is 41.3. The lowest BCUT2D eigenvalue weighted by atomic mass is 9.97. The second-order valence-corrected chi connectivity index (χ2v) is 29.5. The number of thiol groups is 1. The number of carbonyl (C=O) groups is 6. The summed E-state index contributed by atoms with van der Waals surface area (Å²) in [5.74, 6) is 3.36. The van der Waals surface area contributed by atoms with Gasteiger partial charge in [0.15, 0.2) is 23.9 Å². The van der Waals surface area contributed by atoms with E-state index in [9.17, 15) is 48.4 Å². The number of anilines is 4. The molecule has 13 atom stereocenters. The van der Waals surface area contributed by atoms with Crippen LogP contribution in [0.3, 0.4) is 0 Å². The number of carbonyl (C=O) groups excluding carboxylic acids is 6.